The Hall–Kier alpha value is -1.77. The SMILES string of the molecule is NC1=C(C(Cl)=NC2CCOCC2)Nc2ncc(Cl)c(n2)NCCCO1. The van der Waals surface area contributed by atoms with Gasteiger partial charge in [0.15, 0.2) is 11.0 Å². The van der Waals surface area contributed by atoms with Crippen LogP contribution in [-0.4, -0.2) is 47.5 Å². The van der Waals surface area contributed by atoms with Gasteiger partial charge in [0.1, 0.15) is 10.7 Å². The van der Waals surface area contributed by atoms with Gasteiger partial charge in [-0.05, 0) is 19.3 Å². The second kappa shape index (κ2) is 8.55. The van der Waals surface area contributed by atoms with Crippen LogP contribution in [0.15, 0.2) is 22.8 Å². The Morgan fingerprint density at radius 1 is 1.32 bits per heavy atom. The number of nitrogens with two attached hydrogens (primary N) is 1. The van der Waals surface area contributed by atoms with Gasteiger partial charge in [0, 0.05) is 19.8 Å². The first-order valence-electron chi connectivity index (χ1n) is 8.11. The number of nitrogens with zero attached hydrogens (tertiary/aromatic N) is 3. The van der Waals surface area contributed by atoms with Crippen molar-refractivity contribution in [1.29, 1.82) is 0 Å². The summed E-state index contributed by atoms with van der Waals surface area (Å²) >= 11 is 12.5. The number of allylic oxidation sites excluding steroid dienone is 1. The molecule has 0 aliphatic carbocycles. The van der Waals surface area contributed by atoms with Crippen molar-refractivity contribution in [2.45, 2.75) is 25.3 Å². The molecule has 1 saturated heterocycles. The van der Waals surface area contributed by atoms with E-state index in [-0.39, 0.29) is 17.1 Å². The van der Waals surface area contributed by atoms with Gasteiger partial charge in [-0.25, -0.2) is 4.98 Å². The second-order valence-electron chi connectivity index (χ2n) is 5.65. The van der Waals surface area contributed by atoms with Crippen molar-refractivity contribution in [2.24, 2.45) is 10.7 Å². The topological polar surface area (TPSA) is 107 Å². The van der Waals surface area contributed by atoms with Crippen LogP contribution < -0.4 is 16.4 Å². The minimum absolute atomic E-state index is 0.0879. The van der Waals surface area contributed by atoms with Crippen molar-refractivity contribution in [2.75, 3.05) is 37.0 Å². The van der Waals surface area contributed by atoms with Gasteiger partial charge < -0.3 is 25.8 Å². The summed E-state index contributed by atoms with van der Waals surface area (Å²) in [6, 6.07) is 0.0879. The lowest BCUT2D eigenvalue weighted by Crippen LogP contribution is -2.23. The predicted molar refractivity (Wildman–Crippen MR) is 98.1 cm³/mol. The molecule has 136 valence electrons. The summed E-state index contributed by atoms with van der Waals surface area (Å²) in [6.07, 6.45) is 3.86. The van der Waals surface area contributed by atoms with Crippen molar-refractivity contribution in [1.82, 2.24) is 9.97 Å². The van der Waals surface area contributed by atoms with E-state index in [1.807, 2.05) is 0 Å². The third kappa shape index (κ3) is 4.87. The lowest BCUT2D eigenvalue weighted by Gasteiger charge is -2.19. The summed E-state index contributed by atoms with van der Waals surface area (Å²) in [4.78, 5) is 13.0. The maximum absolute atomic E-state index is 6.42. The van der Waals surface area contributed by atoms with E-state index < -0.39 is 0 Å². The molecule has 2 bridgehead atoms. The fourth-order valence-electron chi connectivity index (χ4n) is 2.45. The van der Waals surface area contributed by atoms with E-state index in [1.54, 1.807) is 0 Å². The molecular weight excluding hydrogens is 367 g/mol. The highest BCUT2D eigenvalue weighted by Gasteiger charge is 2.19. The summed E-state index contributed by atoms with van der Waals surface area (Å²) < 4.78 is 10.9. The molecule has 0 aromatic carbocycles. The molecule has 0 unspecified atom stereocenters. The zero-order chi connectivity index (χ0) is 17.6. The largest absolute Gasteiger partial charge is 0.478 e. The Morgan fingerprint density at radius 3 is 2.92 bits per heavy atom. The number of anilines is 2. The summed E-state index contributed by atoms with van der Waals surface area (Å²) in [7, 11) is 0. The van der Waals surface area contributed by atoms with E-state index >= 15 is 0 Å². The zero-order valence-electron chi connectivity index (χ0n) is 13.6. The molecule has 3 heterocycles. The van der Waals surface area contributed by atoms with Crippen LogP contribution in [0.3, 0.4) is 0 Å². The van der Waals surface area contributed by atoms with E-state index in [1.165, 1.54) is 6.20 Å². The van der Waals surface area contributed by atoms with Crippen LogP contribution in [0.4, 0.5) is 11.8 Å². The van der Waals surface area contributed by atoms with Gasteiger partial charge in [-0.3, -0.25) is 4.99 Å². The third-order valence-corrected chi connectivity index (χ3v) is 4.35. The van der Waals surface area contributed by atoms with Gasteiger partial charge in [-0.2, -0.15) is 4.98 Å². The van der Waals surface area contributed by atoms with Crippen LogP contribution in [-0.2, 0) is 9.47 Å². The highest BCUT2D eigenvalue weighted by atomic mass is 35.5. The Morgan fingerprint density at radius 2 is 2.12 bits per heavy atom. The molecule has 0 radical (unpaired) electrons. The Bertz CT molecular complexity index is 676. The average Bonchev–Trinajstić information content (AvgIpc) is 2.64. The lowest BCUT2D eigenvalue weighted by atomic mass is 10.1. The van der Waals surface area contributed by atoms with Crippen LogP contribution in [0.2, 0.25) is 5.02 Å². The molecule has 1 aromatic heterocycles. The molecule has 8 nitrogen and oxygen atoms in total. The molecule has 3 rings (SSSR count). The quantitative estimate of drug-likeness (QED) is 0.669. The number of nitrogens with one attached hydrogen (secondary N) is 2. The van der Waals surface area contributed by atoms with Gasteiger partial charge in [-0.15, -0.1) is 0 Å². The second-order valence-corrected chi connectivity index (χ2v) is 6.41. The first-order valence-corrected chi connectivity index (χ1v) is 8.86. The zero-order valence-corrected chi connectivity index (χ0v) is 15.1. The summed E-state index contributed by atoms with van der Waals surface area (Å²) in [6.45, 7) is 2.41. The Balaban J connectivity index is 1.89. The molecule has 1 aromatic rings. The number of aromatic nitrogens is 2. The summed E-state index contributed by atoms with van der Waals surface area (Å²) in [5.74, 6) is 0.995. The molecule has 0 atom stereocenters. The van der Waals surface area contributed by atoms with Crippen molar-refractivity contribution < 1.29 is 9.47 Å². The van der Waals surface area contributed by atoms with Crippen LogP contribution in [0.5, 0.6) is 0 Å². The van der Waals surface area contributed by atoms with Gasteiger partial charge in [0.25, 0.3) is 0 Å². The molecule has 4 N–H and O–H groups in total. The van der Waals surface area contributed by atoms with E-state index in [4.69, 9.17) is 38.4 Å². The first kappa shape index (κ1) is 18.0. The molecule has 0 spiro atoms. The van der Waals surface area contributed by atoms with Crippen LogP contribution in [0.1, 0.15) is 19.3 Å². The van der Waals surface area contributed by atoms with Crippen molar-refractivity contribution in [3.05, 3.63) is 22.8 Å². The molecule has 0 amide bonds. The summed E-state index contributed by atoms with van der Waals surface area (Å²) in [5, 5.41) is 6.80. The molecular formula is C15H20Cl2N6O2. The molecule has 25 heavy (non-hydrogen) atoms. The number of hydrogen-bond acceptors (Lipinski definition) is 8. The lowest BCUT2D eigenvalue weighted by molar-refractivity contribution is 0.0872. The number of rotatable bonds is 2. The van der Waals surface area contributed by atoms with E-state index in [2.05, 4.69) is 25.6 Å². The highest BCUT2D eigenvalue weighted by molar-refractivity contribution is 6.70. The predicted octanol–water partition coefficient (Wildman–Crippen LogP) is 2.32. The van der Waals surface area contributed by atoms with Crippen molar-refractivity contribution in [3.63, 3.8) is 0 Å². The highest BCUT2D eigenvalue weighted by Crippen LogP contribution is 2.22. The average molecular weight is 387 g/mol. The third-order valence-electron chi connectivity index (χ3n) is 3.79. The fraction of sp³-hybridized carbons (Fsp3) is 0.533. The number of halogens is 2. The number of ether oxygens (including phenoxy) is 2. The van der Waals surface area contributed by atoms with Crippen LogP contribution in [0.25, 0.3) is 0 Å². The monoisotopic (exact) mass is 386 g/mol. The fourth-order valence-corrected chi connectivity index (χ4v) is 2.89. The minimum atomic E-state index is 0.0879. The smallest absolute Gasteiger partial charge is 0.229 e. The van der Waals surface area contributed by atoms with E-state index in [0.717, 1.165) is 19.3 Å². The van der Waals surface area contributed by atoms with Gasteiger partial charge >= 0.3 is 0 Å². The van der Waals surface area contributed by atoms with Crippen molar-refractivity contribution in [3.8, 4) is 0 Å². The minimum Gasteiger partial charge on any atom is -0.478 e. The number of fused-ring (bicyclic) bond motifs is 2. The standard InChI is InChI=1S/C15H20Cl2N6O2/c16-10-8-20-15-22-11(12(17)21-9-2-6-24-7-3-9)13(18)25-5-1-4-19-14(10)23-15/h8-9H,1-7,18H2,(H2,19,20,22,23). The number of aliphatic imine (C=N–C) groups is 1. The van der Waals surface area contributed by atoms with Gasteiger partial charge in [-0.1, -0.05) is 23.2 Å². The normalized spacial score (nSPS) is 20.2. The first-order chi connectivity index (χ1) is 12.1. The van der Waals surface area contributed by atoms with Gasteiger partial charge in [0.05, 0.1) is 18.8 Å². The molecule has 2 aliphatic rings. The van der Waals surface area contributed by atoms with E-state index in [9.17, 15) is 0 Å². The molecule has 0 saturated carbocycles. The van der Waals surface area contributed by atoms with Crippen LogP contribution >= 0.6 is 23.2 Å². The molecule has 1 fully saturated rings. The maximum Gasteiger partial charge on any atom is 0.229 e. The van der Waals surface area contributed by atoms with Crippen LogP contribution in [0, 0.1) is 0 Å². The van der Waals surface area contributed by atoms with Gasteiger partial charge in [0.2, 0.25) is 11.8 Å². The Kier molecular flexibility index (Phi) is 6.17. The molecule has 2 aliphatic heterocycles. The van der Waals surface area contributed by atoms with Crippen molar-refractivity contribution >= 4 is 40.1 Å². The van der Waals surface area contributed by atoms with E-state index in [0.29, 0.717) is 48.9 Å². The summed E-state index contributed by atoms with van der Waals surface area (Å²) in [5.41, 5.74) is 6.41. The Labute approximate surface area is 155 Å². The number of hydrogen-bond donors (Lipinski definition) is 3. The maximum atomic E-state index is 6.42. The molecule has 10 heteroatoms.